The summed E-state index contributed by atoms with van der Waals surface area (Å²) in [6.07, 6.45) is 0. The van der Waals surface area contributed by atoms with E-state index >= 15 is 0 Å². The van der Waals surface area contributed by atoms with Gasteiger partial charge in [0.25, 0.3) is 5.91 Å². The van der Waals surface area contributed by atoms with Crippen molar-refractivity contribution in [1.29, 1.82) is 0 Å². The molecule has 0 spiro atoms. The van der Waals surface area contributed by atoms with Crippen molar-refractivity contribution in [3.63, 3.8) is 0 Å². The highest BCUT2D eigenvalue weighted by atomic mass is 32.2. The van der Waals surface area contributed by atoms with Gasteiger partial charge in [-0.25, -0.2) is 0 Å². The molecule has 0 atom stereocenters. The van der Waals surface area contributed by atoms with E-state index in [2.05, 4.69) is 15.8 Å². The lowest BCUT2D eigenvalue weighted by Gasteiger charge is -2.11. The summed E-state index contributed by atoms with van der Waals surface area (Å²) in [7, 11) is 0. The van der Waals surface area contributed by atoms with E-state index in [1.165, 1.54) is 11.8 Å². The SMILES string of the molecule is Cc1cc(CSc2ccccc2C(=O)NCCNC(=O)C(C)C)on1. The molecule has 0 saturated carbocycles. The Balaban J connectivity index is 1.88. The van der Waals surface area contributed by atoms with E-state index in [1.807, 2.05) is 45.0 Å². The van der Waals surface area contributed by atoms with Gasteiger partial charge in [-0.15, -0.1) is 11.8 Å². The lowest BCUT2D eigenvalue weighted by atomic mass is 10.2. The Bertz CT molecular complexity index is 728. The maximum absolute atomic E-state index is 12.4. The number of aryl methyl sites for hydroxylation is 1. The van der Waals surface area contributed by atoms with Crippen LogP contribution in [0.2, 0.25) is 0 Å². The second-order valence-corrected chi connectivity index (χ2v) is 6.94. The minimum Gasteiger partial charge on any atom is -0.360 e. The maximum Gasteiger partial charge on any atom is 0.252 e. The zero-order valence-corrected chi connectivity index (χ0v) is 15.5. The summed E-state index contributed by atoms with van der Waals surface area (Å²) < 4.78 is 5.20. The minimum absolute atomic E-state index is 0.0208. The normalized spacial score (nSPS) is 10.7. The van der Waals surface area contributed by atoms with Gasteiger partial charge in [-0.2, -0.15) is 0 Å². The van der Waals surface area contributed by atoms with Crippen LogP contribution in [0.3, 0.4) is 0 Å². The van der Waals surface area contributed by atoms with Gasteiger partial charge in [-0.3, -0.25) is 9.59 Å². The Hall–Kier alpha value is -2.28. The Morgan fingerprint density at radius 1 is 1.20 bits per heavy atom. The van der Waals surface area contributed by atoms with Crippen molar-refractivity contribution in [1.82, 2.24) is 15.8 Å². The predicted octanol–water partition coefficient (Wildman–Crippen LogP) is 2.78. The number of hydrogen-bond donors (Lipinski definition) is 2. The molecule has 0 radical (unpaired) electrons. The first-order valence-electron chi connectivity index (χ1n) is 8.17. The summed E-state index contributed by atoms with van der Waals surface area (Å²) in [6, 6.07) is 9.30. The van der Waals surface area contributed by atoms with Gasteiger partial charge in [0.1, 0.15) is 5.76 Å². The van der Waals surface area contributed by atoms with E-state index in [9.17, 15) is 9.59 Å². The van der Waals surface area contributed by atoms with Crippen molar-refractivity contribution in [3.05, 3.63) is 47.3 Å². The van der Waals surface area contributed by atoms with Crippen LogP contribution >= 0.6 is 11.8 Å². The van der Waals surface area contributed by atoms with E-state index in [0.29, 0.717) is 24.4 Å². The zero-order valence-electron chi connectivity index (χ0n) is 14.7. The number of aromatic nitrogens is 1. The molecule has 0 unspecified atom stereocenters. The van der Waals surface area contributed by atoms with Gasteiger partial charge < -0.3 is 15.2 Å². The zero-order chi connectivity index (χ0) is 18.2. The number of nitrogens with one attached hydrogen (secondary N) is 2. The van der Waals surface area contributed by atoms with Crippen molar-refractivity contribution in [2.45, 2.75) is 31.4 Å². The molecule has 2 N–H and O–H groups in total. The van der Waals surface area contributed by atoms with Crippen LogP contribution in [-0.2, 0) is 10.5 Å². The molecule has 6 nitrogen and oxygen atoms in total. The molecule has 2 aromatic rings. The van der Waals surface area contributed by atoms with Crippen LogP contribution < -0.4 is 10.6 Å². The number of thioether (sulfide) groups is 1. The lowest BCUT2D eigenvalue weighted by Crippen LogP contribution is -2.36. The molecule has 7 heteroatoms. The summed E-state index contributed by atoms with van der Waals surface area (Å²) in [5.41, 5.74) is 1.45. The lowest BCUT2D eigenvalue weighted by molar-refractivity contribution is -0.123. The van der Waals surface area contributed by atoms with Crippen LogP contribution in [-0.4, -0.2) is 30.1 Å². The molecule has 0 aliphatic rings. The van der Waals surface area contributed by atoms with Gasteiger partial charge in [0.05, 0.1) is 17.0 Å². The van der Waals surface area contributed by atoms with Gasteiger partial charge >= 0.3 is 0 Å². The Morgan fingerprint density at radius 2 is 1.92 bits per heavy atom. The Labute approximate surface area is 151 Å². The summed E-state index contributed by atoms with van der Waals surface area (Å²) in [6.45, 7) is 6.33. The average molecular weight is 361 g/mol. The van der Waals surface area contributed by atoms with Crippen LogP contribution in [0.5, 0.6) is 0 Å². The molecule has 1 aromatic carbocycles. The molecule has 0 fully saturated rings. The highest BCUT2D eigenvalue weighted by Crippen LogP contribution is 2.26. The van der Waals surface area contributed by atoms with Gasteiger partial charge in [-0.1, -0.05) is 31.1 Å². The highest BCUT2D eigenvalue weighted by Gasteiger charge is 2.12. The van der Waals surface area contributed by atoms with Gasteiger partial charge in [-0.05, 0) is 19.1 Å². The fourth-order valence-corrected chi connectivity index (χ4v) is 3.00. The third-order valence-corrected chi connectivity index (χ3v) is 4.51. The first kappa shape index (κ1) is 19.1. The molecule has 0 bridgehead atoms. The monoisotopic (exact) mass is 361 g/mol. The quantitative estimate of drug-likeness (QED) is 0.558. The number of rotatable bonds is 8. The summed E-state index contributed by atoms with van der Waals surface area (Å²) in [5.74, 6) is 1.14. The first-order valence-corrected chi connectivity index (χ1v) is 9.16. The van der Waals surface area contributed by atoms with Crippen LogP contribution in [0.4, 0.5) is 0 Å². The minimum atomic E-state index is -0.157. The van der Waals surface area contributed by atoms with Gasteiger partial charge in [0, 0.05) is 30.0 Å². The van der Waals surface area contributed by atoms with Crippen LogP contribution in [0, 0.1) is 12.8 Å². The molecule has 2 amide bonds. The van der Waals surface area contributed by atoms with Crippen LogP contribution in [0.25, 0.3) is 0 Å². The molecular weight excluding hydrogens is 338 g/mol. The third-order valence-electron chi connectivity index (χ3n) is 3.41. The summed E-state index contributed by atoms with van der Waals surface area (Å²) >= 11 is 1.53. The summed E-state index contributed by atoms with van der Waals surface area (Å²) in [5, 5.41) is 9.47. The Kier molecular flexibility index (Phi) is 7.06. The van der Waals surface area contributed by atoms with Gasteiger partial charge in [0.15, 0.2) is 0 Å². The number of amides is 2. The molecule has 134 valence electrons. The number of carbonyl (C=O) groups is 2. The highest BCUT2D eigenvalue weighted by molar-refractivity contribution is 7.98. The topological polar surface area (TPSA) is 84.2 Å². The van der Waals surface area contributed by atoms with Crippen LogP contribution in [0.1, 0.15) is 35.7 Å². The first-order chi connectivity index (χ1) is 12.0. The molecule has 1 heterocycles. The fourth-order valence-electron chi connectivity index (χ4n) is 2.07. The largest absolute Gasteiger partial charge is 0.360 e. The van der Waals surface area contributed by atoms with E-state index in [0.717, 1.165) is 16.3 Å². The summed E-state index contributed by atoms with van der Waals surface area (Å²) in [4.78, 5) is 24.8. The van der Waals surface area contributed by atoms with Crippen molar-refractivity contribution in [2.24, 2.45) is 5.92 Å². The molecule has 25 heavy (non-hydrogen) atoms. The fraction of sp³-hybridized carbons (Fsp3) is 0.389. The number of benzene rings is 1. The van der Waals surface area contributed by atoms with Crippen molar-refractivity contribution in [3.8, 4) is 0 Å². The van der Waals surface area contributed by atoms with Crippen molar-refractivity contribution < 1.29 is 14.1 Å². The van der Waals surface area contributed by atoms with E-state index in [4.69, 9.17) is 4.52 Å². The number of carbonyl (C=O) groups excluding carboxylic acids is 2. The van der Waals surface area contributed by atoms with Gasteiger partial charge in [0.2, 0.25) is 5.91 Å². The van der Waals surface area contributed by atoms with Crippen LogP contribution in [0.15, 0.2) is 39.8 Å². The van der Waals surface area contributed by atoms with Crippen molar-refractivity contribution >= 4 is 23.6 Å². The number of hydrogen-bond acceptors (Lipinski definition) is 5. The molecule has 0 aliphatic carbocycles. The molecular formula is C18H23N3O3S. The Morgan fingerprint density at radius 3 is 2.60 bits per heavy atom. The molecule has 2 rings (SSSR count). The second kappa shape index (κ2) is 9.27. The van der Waals surface area contributed by atoms with E-state index in [1.54, 1.807) is 6.07 Å². The van der Waals surface area contributed by atoms with E-state index in [-0.39, 0.29) is 17.7 Å². The molecule has 0 aliphatic heterocycles. The molecule has 0 saturated heterocycles. The smallest absolute Gasteiger partial charge is 0.252 e. The number of nitrogens with zero attached hydrogens (tertiary/aromatic N) is 1. The van der Waals surface area contributed by atoms with Crippen molar-refractivity contribution in [2.75, 3.05) is 13.1 Å². The standard InChI is InChI=1S/C18H23N3O3S/c1-12(2)17(22)19-8-9-20-18(23)15-6-4-5-7-16(15)25-11-14-10-13(3)21-24-14/h4-7,10,12H,8-9,11H2,1-3H3,(H,19,22)(H,20,23). The average Bonchev–Trinajstić information content (AvgIpc) is 3.02. The predicted molar refractivity (Wildman–Crippen MR) is 97.4 cm³/mol. The third kappa shape index (κ3) is 5.94. The maximum atomic E-state index is 12.4. The van der Waals surface area contributed by atoms with E-state index < -0.39 is 0 Å². The molecule has 1 aromatic heterocycles. The second-order valence-electron chi connectivity index (χ2n) is 5.92.